The van der Waals surface area contributed by atoms with E-state index in [0.717, 1.165) is 30.4 Å². The topological polar surface area (TPSA) is 74.6 Å². The van der Waals surface area contributed by atoms with Crippen LogP contribution in [0.3, 0.4) is 0 Å². The van der Waals surface area contributed by atoms with Crippen molar-refractivity contribution in [2.45, 2.75) is 25.7 Å². The lowest BCUT2D eigenvalue weighted by atomic mass is 9.83. The van der Waals surface area contributed by atoms with Crippen LogP contribution in [0.2, 0.25) is 0 Å². The molecule has 0 saturated heterocycles. The SMILES string of the molecule is O=C(O)C1=CCC2=C(CCC2)C1C(=O)O. The summed E-state index contributed by atoms with van der Waals surface area (Å²) in [6.07, 6.45) is 4.76. The molecule has 2 rings (SSSR count). The zero-order valence-corrected chi connectivity index (χ0v) is 8.19. The maximum Gasteiger partial charge on any atom is 0.332 e. The van der Waals surface area contributed by atoms with Crippen molar-refractivity contribution < 1.29 is 19.8 Å². The Balaban J connectivity index is 2.39. The Hall–Kier alpha value is -1.58. The molecule has 0 aromatic carbocycles. The van der Waals surface area contributed by atoms with E-state index in [2.05, 4.69) is 0 Å². The van der Waals surface area contributed by atoms with E-state index in [-0.39, 0.29) is 5.57 Å². The third kappa shape index (κ3) is 1.56. The molecule has 0 aromatic heterocycles. The molecule has 2 N–H and O–H groups in total. The van der Waals surface area contributed by atoms with Gasteiger partial charge in [0.25, 0.3) is 0 Å². The van der Waals surface area contributed by atoms with Gasteiger partial charge in [0.2, 0.25) is 0 Å². The molecule has 0 bridgehead atoms. The molecule has 4 heteroatoms. The third-order valence-corrected chi connectivity index (χ3v) is 3.10. The van der Waals surface area contributed by atoms with E-state index in [9.17, 15) is 9.59 Å². The Morgan fingerprint density at radius 2 is 2.00 bits per heavy atom. The van der Waals surface area contributed by atoms with Crippen LogP contribution >= 0.6 is 0 Å². The van der Waals surface area contributed by atoms with Gasteiger partial charge in [-0.1, -0.05) is 17.2 Å². The van der Waals surface area contributed by atoms with Crippen LogP contribution < -0.4 is 0 Å². The van der Waals surface area contributed by atoms with E-state index in [4.69, 9.17) is 10.2 Å². The molecule has 0 radical (unpaired) electrons. The minimum absolute atomic E-state index is 0.0307. The van der Waals surface area contributed by atoms with Crippen LogP contribution in [-0.2, 0) is 9.59 Å². The van der Waals surface area contributed by atoms with E-state index >= 15 is 0 Å². The van der Waals surface area contributed by atoms with Crippen LogP contribution in [0.4, 0.5) is 0 Å². The molecule has 0 amide bonds. The van der Waals surface area contributed by atoms with E-state index in [1.807, 2.05) is 0 Å². The van der Waals surface area contributed by atoms with Crippen molar-refractivity contribution in [3.8, 4) is 0 Å². The highest BCUT2D eigenvalue weighted by Crippen LogP contribution is 2.40. The van der Waals surface area contributed by atoms with E-state index in [1.165, 1.54) is 0 Å². The van der Waals surface area contributed by atoms with E-state index in [0.29, 0.717) is 6.42 Å². The fraction of sp³-hybridized carbons (Fsp3) is 0.455. The normalized spacial score (nSPS) is 24.8. The Labute approximate surface area is 86.9 Å². The molecular weight excluding hydrogens is 196 g/mol. The average Bonchev–Trinajstić information content (AvgIpc) is 2.62. The first kappa shape index (κ1) is 9.96. The van der Waals surface area contributed by atoms with Crippen molar-refractivity contribution in [2.75, 3.05) is 0 Å². The number of hydrogen-bond donors (Lipinski definition) is 2. The second-order valence-corrected chi connectivity index (χ2v) is 3.92. The van der Waals surface area contributed by atoms with E-state index in [1.54, 1.807) is 6.08 Å². The zero-order chi connectivity index (χ0) is 11.0. The summed E-state index contributed by atoms with van der Waals surface area (Å²) in [5, 5.41) is 18.0. The maximum atomic E-state index is 11.1. The summed E-state index contributed by atoms with van der Waals surface area (Å²) in [4.78, 5) is 22.0. The molecule has 1 atom stereocenters. The lowest BCUT2D eigenvalue weighted by molar-refractivity contribution is -0.142. The van der Waals surface area contributed by atoms with Gasteiger partial charge < -0.3 is 10.2 Å². The molecule has 1 unspecified atom stereocenters. The van der Waals surface area contributed by atoms with Crippen molar-refractivity contribution in [1.82, 2.24) is 0 Å². The molecule has 0 aliphatic heterocycles. The molecule has 80 valence electrons. The van der Waals surface area contributed by atoms with Gasteiger partial charge >= 0.3 is 11.9 Å². The van der Waals surface area contributed by atoms with Crippen molar-refractivity contribution in [2.24, 2.45) is 5.92 Å². The van der Waals surface area contributed by atoms with Gasteiger partial charge in [0.05, 0.1) is 5.57 Å². The lowest BCUT2D eigenvalue weighted by Gasteiger charge is -2.20. The number of allylic oxidation sites excluding steroid dienone is 2. The van der Waals surface area contributed by atoms with Crippen LogP contribution in [-0.4, -0.2) is 22.2 Å². The lowest BCUT2D eigenvalue weighted by Crippen LogP contribution is -2.25. The molecule has 0 heterocycles. The first-order chi connectivity index (χ1) is 7.11. The van der Waals surface area contributed by atoms with Gasteiger partial charge in [-0.2, -0.15) is 0 Å². The Bertz CT molecular complexity index is 387. The van der Waals surface area contributed by atoms with Gasteiger partial charge in [0, 0.05) is 0 Å². The predicted octanol–water partition coefficient (Wildman–Crippen LogP) is 1.58. The first-order valence-electron chi connectivity index (χ1n) is 4.98. The van der Waals surface area contributed by atoms with Crippen molar-refractivity contribution >= 4 is 11.9 Å². The number of carboxylic acids is 2. The molecular formula is C11H12O4. The molecule has 2 aliphatic carbocycles. The monoisotopic (exact) mass is 208 g/mol. The van der Waals surface area contributed by atoms with Crippen molar-refractivity contribution in [3.63, 3.8) is 0 Å². The summed E-state index contributed by atoms with van der Waals surface area (Å²) in [7, 11) is 0. The highest BCUT2D eigenvalue weighted by Gasteiger charge is 2.36. The van der Waals surface area contributed by atoms with E-state index < -0.39 is 17.9 Å². The predicted molar refractivity (Wildman–Crippen MR) is 52.3 cm³/mol. The zero-order valence-electron chi connectivity index (χ0n) is 8.19. The molecule has 2 aliphatic rings. The van der Waals surface area contributed by atoms with Crippen LogP contribution in [0.1, 0.15) is 25.7 Å². The van der Waals surface area contributed by atoms with Gasteiger partial charge in [-0.3, -0.25) is 4.79 Å². The summed E-state index contributed by atoms with van der Waals surface area (Å²) in [6, 6.07) is 0. The second-order valence-electron chi connectivity index (χ2n) is 3.92. The minimum atomic E-state index is -1.11. The second kappa shape index (κ2) is 3.53. The van der Waals surface area contributed by atoms with Gasteiger partial charge in [-0.05, 0) is 25.7 Å². The number of carbonyl (C=O) groups is 2. The molecule has 4 nitrogen and oxygen atoms in total. The summed E-state index contributed by atoms with van der Waals surface area (Å²) >= 11 is 0. The quantitative estimate of drug-likeness (QED) is 0.675. The number of rotatable bonds is 2. The maximum absolute atomic E-state index is 11.1. The number of aliphatic carboxylic acids is 2. The highest BCUT2D eigenvalue weighted by molar-refractivity contribution is 5.96. The first-order valence-corrected chi connectivity index (χ1v) is 4.98. The summed E-state index contributed by atoms with van der Waals surface area (Å²) in [5.74, 6) is -3.06. The molecule has 0 fully saturated rings. The Morgan fingerprint density at radius 1 is 1.27 bits per heavy atom. The standard InChI is InChI=1S/C11H12O4/c12-10(13)8-5-4-6-2-1-3-7(6)9(8)11(14)15/h5,9H,1-4H2,(H,12,13)(H,14,15). The molecule has 0 saturated carbocycles. The van der Waals surface area contributed by atoms with Crippen LogP contribution in [0.5, 0.6) is 0 Å². The number of hydrogen-bond acceptors (Lipinski definition) is 2. The fourth-order valence-corrected chi connectivity index (χ4v) is 2.44. The largest absolute Gasteiger partial charge is 0.481 e. The molecule has 0 aromatic rings. The summed E-state index contributed by atoms with van der Waals surface area (Å²) in [6.45, 7) is 0. The van der Waals surface area contributed by atoms with Gasteiger partial charge in [0.15, 0.2) is 0 Å². The third-order valence-electron chi connectivity index (χ3n) is 3.10. The van der Waals surface area contributed by atoms with Crippen LogP contribution in [0, 0.1) is 5.92 Å². The van der Waals surface area contributed by atoms with Gasteiger partial charge in [-0.25, -0.2) is 4.79 Å². The smallest absolute Gasteiger partial charge is 0.332 e. The fourth-order valence-electron chi connectivity index (χ4n) is 2.44. The van der Waals surface area contributed by atoms with Crippen molar-refractivity contribution in [3.05, 3.63) is 22.8 Å². The van der Waals surface area contributed by atoms with Crippen LogP contribution in [0.25, 0.3) is 0 Å². The summed E-state index contributed by atoms with van der Waals surface area (Å²) < 4.78 is 0. The Kier molecular flexibility index (Phi) is 2.34. The number of carboxylic acid groups (broad SMARTS) is 2. The minimum Gasteiger partial charge on any atom is -0.481 e. The van der Waals surface area contributed by atoms with Crippen molar-refractivity contribution in [1.29, 1.82) is 0 Å². The Morgan fingerprint density at radius 3 is 2.60 bits per heavy atom. The van der Waals surface area contributed by atoms with Gasteiger partial charge in [-0.15, -0.1) is 0 Å². The van der Waals surface area contributed by atoms with Gasteiger partial charge in [0.1, 0.15) is 5.92 Å². The average molecular weight is 208 g/mol. The highest BCUT2D eigenvalue weighted by atomic mass is 16.4. The molecule has 15 heavy (non-hydrogen) atoms. The molecule has 0 spiro atoms. The van der Waals surface area contributed by atoms with Crippen LogP contribution in [0.15, 0.2) is 22.8 Å². The summed E-state index contributed by atoms with van der Waals surface area (Å²) in [5.41, 5.74) is 2.00.